The number of carbonyl (C=O) groups is 3. The Labute approximate surface area is 351 Å². The zero-order valence-electron chi connectivity index (χ0n) is 36.2. The van der Waals surface area contributed by atoms with Crippen LogP contribution in [0.1, 0.15) is 76.4 Å². The highest BCUT2D eigenvalue weighted by Crippen LogP contribution is 2.52. The Bertz CT molecular complexity index is 2020. The van der Waals surface area contributed by atoms with Gasteiger partial charge in [0.25, 0.3) is 5.91 Å². The number of carbonyl (C=O) groups excluding carboxylic acids is 3. The van der Waals surface area contributed by atoms with Crippen LogP contribution in [-0.4, -0.2) is 135 Å². The highest BCUT2D eigenvalue weighted by Gasteiger charge is 2.40. The molecule has 16 heteroatoms. The van der Waals surface area contributed by atoms with Crippen LogP contribution in [-0.2, 0) is 23.8 Å². The Balaban J connectivity index is 1.93. The molecule has 3 aliphatic heterocycles. The molecule has 3 unspecified atom stereocenters. The largest absolute Gasteiger partial charge is 0.507 e. The molecule has 7 N–H and O–H groups in total. The zero-order chi connectivity index (χ0) is 44.7. The molecule has 0 aliphatic carbocycles. The molecule has 0 aromatic heterocycles. The lowest BCUT2D eigenvalue weighted by atomic mass is 9.78. The number of nitrogens with zero attached hydrogens (tertiary/aromatic N) is 3. The number of aliphatic hydroxyl groups is 2. The van der Waals surface area contributed by atoms with Gasteiger partial charge in [-0.25, -0.2) is 0 Å². The molecular formula is C44H62N4O12. The number of likely N-dealkylation sites (N-methyl/N-ethyl adjacent to an activating group) is 1. The maximum atomic E-state index is 14.3. The number of ketones is 1. The van der Waals surface area contributed by atoms with Crippen LogP contribution in [0, 0.1) is 30.6 Å². The van der Waals surface area contributed by atoms with Crippen LogP contribution < -0.4 is 5.32 Å². The maximum absolute atomic E-state index is 14.3. The van der Waals surface area contributed by atoms with Gasteiger partial charge in [0.2, 0.25) is 5.78 Å². The Hall–Kier alpha value is -5.16. The van der Waals surface area contributed by atoms with Crippen LogP contribution in [0.5, 0.6) is 23.0 Å². The van der Waals surface area contributed by atoms with E-state index in [-0.39, 0.29) is 28.3 Å². The number of anilines is 1. The number of esters is 1. The van der Waals surface area contributed by atoms with Crippen LogP contribution in [0.25, 0.3) is 10.8 Å². The fraction of sp³-hybridized carbons (Fsp3) is 0.545. The van der Waals surface area contributed by atoms with Crippen molar-refractivity contribution in [1.82, 2.24) is 9.91 Å². The second-order valence-electron chi connectivity index (χ2n) is 16.2. The van der Waals surface area contributed by atoms with Crippen LogP contribution >= 0.6 is 0 Å². The maximum Gasteiger partial charge on any atom is 0.302 e. The van der Waals surface area contributed by atoms with Crippen molar-refractivity contribution in [3.05, 3.63) is 52.8 Å². The van der Waals surface area contributed by atoms with E-state index in [9.17, 15) is 45.0 Å². The van der Waals surface area contributed by atoms with Gasteiger partial charge in [-0.15, -0.1) is 0 Å². The number of phenolic OH excluding ortho intramolecular Hbond substituents is 4. The minimum absolute atomic E-state index is 0.185. The number of allylic oxidation sites excluding steroid dienone is 3. The summed E-state index contributed by atoms with van der Waals surface area (Å²) < 4.78 is 17.3. The molecule has 1 amide bonds. The van der Waals surface area contributed by atoms with Gasteiger partial charge in [-0.2, -0.15) is 5.10 Å². The first-order valence-corrected chi connectivity index (χ1v) is 20.2. The number of aromatic hydroxyl groups is 4. The van der Waals surface area contributed by atoms with Crippen molar-refractivity contribution < 1.29 is 59.2 Å². The number of aliphatic hydroxyl groups excluding tert-OH is 2. The van der Waals surface area contributed by atoms with Crippen molar-refractivity contribution in [2.45, 2.75) is 92.3 Å². The molecular weight excluding hydrogens is 776 g/mol. The minimum Gasteiger partial charge on any atom is -0.507 e. The van der Waals surface area contributed by atoms with Gasteiger partial charge in [-0.3, -0.25) is 19.4 Å². The number of hydrogen-bond acceptors (Lipinski definition) is 15. The summed E-state index contributed by atoms with van der Waals surface area (Å²) in [5, 5.41) is 77.6. The second-order valence-corrected chi connectivity index (χ2v) is 16.2. The van der Waals surface area contributed by atoms with E-state index in [1.807, 2.05) is 14.0 Å². The Kier molecular flexibility index (Phi) is 16.2. The van der Waals surface area contributed by atoms with E-state index < -0.39 is 105 Å². The van der Waals surface area contributed by atoms with Gasteiger partial charge in [0.15, 0.2) is 11.9 Å². The van der Waals surface area contributed by atoms with Gasteiger partial charge in [0.1, 0.15) is 23.4 Å². The minimum atomic E-state index is -1.33. The molecule has 60 heavy (non-hydrogen) atoms. The van der Waals surface area contributed by atoms with Crippen molar-refractivity contribution in [2.24, 2.45) is 28.8 Å². The highest BCUT2D eigenvalue weighted by atomic mass is 16.5. The quantitative estimate of drug-likeness (QED) is 0.0958. The van der Waals surface area contributed by atoms with E-state index in [2.05, 4.69) is 15.3 Å². The fourth-order valence-electron chi connectivity index (χ4n) is 7.74. The lowest BCUT2D eigenvalue weighted by Gasteiger charge is -2.38. The number of fused-ring (bicyclic) bond motifs is 17. The number of rotatable bonds is 4. The third-order valence-electron chi connectivity index (χ3n) is 11.8. The molecule has 16 nitrogen and oxygen atoms in total. The van der Waals surface area contributed by atoms with E-state index in [0.717, 1.165) is 0 Å². The van der Waals surface area contributed by atoms with Crippen molar-refractivity contribution >= 4 is 40.3 Å². The molecule has 0 spiro atoms. The molecule has 5 rings (SSSR count). The first kappa shape index (κ1) is 47.5. The molecule has 0 saturated carbocycles. The summed E-state index contributed by atoms with van der Waals surface area (Å²) >= 11 is 0. The topological polar surface area (TPSA) is 231 Å². The van der Waals surface area contributed by atoms with E-state index in [1.165, 1.54) is 59.4 Å². The SMILES string of the molecule is CO[C@H]1/C=C/OC(C)C(=O)c2c(O)c(C)c(O)c3c(O)c(c(/C=N/N4CCN(C)CC4)c(O)c23)NC(=O)/C(C)=C\C=C/C[C@H](C)[C@H](O)[C@@H](C)C(O)C(C)[C@H](OC(C)=O)[C@@H]1C. The van der Waals surface area contributed by atoms with Gasteiger partial charge in [0, 0.05) is 74.5 Å². The van der Waals surface area contributed by atoms with E-state index in [0.29, 0.717) is 32.6 Å². The molecule has 1 saturated heterocycles. The Morgan fingerprint density at radius 2 is 1.55 bits per heavy atom. The molecule has 2 aromatic rings. The average molecular weight is 839 g/mol. The van der Waals surface area contributed by atoms with Crippen molar-refractivity contribution in [3.63, 3.8) is 0 Å². The number of methoxy groups -OCH3 is 1. The molecule has 3 aliphatic rings. The summed E-state index contributed by atoms with van der Waals surface area (Å²) in [6, 6.07) is 0. The standard InChI is InChI=1S/C44H62N4O12/c1-22-13-11-12-14-23(2)44(57)46-35-30(21-45-48-18-16-47(9)17-19-48)41(55)32-33(38(52)26(5)39(53)34(32)42(35)56)40(54)28(7)59-20-15-31(58-10)24(3)43(60-29(8)49)27(6)37(51)25(4)36(22)50/h11-12,14-15,20-22,24-25,27-28,31,36-37,43,50-53,55-56H,13,16-19H2,1-10H3,(H,46,57)/b12-11-,20-15+,23-14-,45-21+/t22-,24+,25+,27?,28?,31-,36-,37?,43+/m0/s1. The van der Waals surface area contributed by atoms with Crippen LogP contribution in [0.3, 0.4) is 0 Å². The number of benzene rings is 2. The molecule has 2 aromatic carbocycles. The fourth-order valence-corrected chi connectivity index (χ4v) is 7.74. The average Bonchev–Trinajstić information content (AvgIpc) is 3.22. The molecule has 3 heterocycles. The smallest absolute Gasteiger partial charge is 0.302 e. The summed E-state index contributed by atoms with van der Waals surface area (Å²) in [4.78, 5) is 42.4. The first-order chi connectivity index (χ1) is 28.2. The molecule has 1 fully saturated rings. The summed E-state index contributed by atoms with van der Waals surface area (Å²) in [7, 11) is 3.40. The van der Waals surface area contributed by atoms with Gasteiger partial charge in [0.05, 0.1) is 53.0 Å². The second kappa shape index (κ2) is 20.4. The van der Waals surface area contributed by atoms with Crippen molar-refractivity contribution in [1.29, 1.82) is 0 Å². The molecule has 330 valence electrons. The zero-order valence-corrected chi connectivity index (χ0v) is 36.2. The number of nitrogens with one attached hydrogen (secondary N) is 1. The Morgan fingerprint density at radius 3 is 2.17 bits per heavy atom. The predicted molar refractivity (Wildman–Crippen MR) is 227 cm³/mol. The normalized spacial score (nSPS) is 30.3. The van der Waals surface area contributed by atoms with E-state index >= 15 is 0 Å². The highest BCUT2D eigenvalue weighted by molar-refractivity contribution is 6.22. The van der Waals surface area contributed by atoms with Crippen LogP contribution in [0.15, 0.2) is 41.2 Å². The summed E-state index contributed by atoms with van der Waals surface area (Å²) in [5.41, 5.74) is -0.967. The number of piperazine rings is 1. The van der Waals surface area contributed by atoms with Gasteiger partial charge in [-0.1, -0.05) is 45.9 Å². The van der Waals surface area contributed by atoms with E-state index in [4.69, 9.17) is 14.2 Å². The molecule has 4 bridgehead atoms. The Morgan fingerprint density at radius 1 is 0.900 bits per heavy atom. The third kappa shape index (κ3) is 10.4. The number of Topliss-reactive ketones (excluding diaryl/α,β-unsaturated/α-hetero) is 1. The first-order valence-electron chi connectivity index (χ1n) is 20.2. The summed E-state index contributed by atoms with van der Waals surface area (Å²) in [5.74, 6) is -7.01. The lowest BCUT2D eigenvalue weighted by Crippen LogP contribution is -2.46. The predicted octanol–water partition coefficient (Wildman–Crippen LogP) is 4.71. The summed E-state index contributed by atoms with van der Waals surface area (Å²) in [6.07, 6.45) is 4.17. The number of phenols is 4. The van der Waals surface area contributed by atoms with Gasteiger partial charge >= 0.3 is 5.97 Å². The van der Waals surface area contributed by atoms with E-state index in [1.54, 1.807) is 37.9 Å². The summed E-state index contributed by atoms with van der Waals surface area (Å²) in [6.45, 7) is 15.0. The molecule has 9 atom stereocenters. The lowest BCUT2D eigenvalue weighted by molar-refractivity contribution is -0.160. The molecule has 0 radical (unpaired) electrons. The van der Waals surface area contributed by atoms with Crippen LogP contribution in [0.4, 0.5) is 5.69 Å². The third-order valence-corrected chi connectivity index (χ3v) is 11.8. The number of hydrazone groups is 1. The van der Waals surface area contributed by atoms with Gasteiger partial charge in [-0.05, 0) is 46.2 Å². The number of hydrogen-bond donors (Lipinski definition) is 7. The monoisotopic (exact) mass is 838 g/mol. The van der Waals surface area contributed by atoms with Crippen LogP contribution in [0.2, 0.25) is 0 Å². The number of amides is 1. The van der Waals surface area contributed by atoms with Gasteiger partial charge < -0.3 is 55.1 Å². The number of ether oxygens (including phenoxy) is 3. The van der Waals surface area contributed by atoms with Crippen molar-refractivity contribution in [3.8, 4) is 23.0 Å². The van der Waals surface area contributed by atoms with Crippen molar-refractivity contribution in [2.75, 3.05) is 45.7 Å².